The fraction of sp³-hybridized carbons (Fsp3) is 0.625. The Labute approximate surface area is 124 Å². The molecule has 1 aliphatic rings. The molecule has 0 aromatic heterocycles. The molecule has 1 N–H and O–H groups in total. The van der Waals surface area contributed by atoms with E-state index in [1.807, 2.05) is 0 Å². The highest BCUT2D eigenvalue weighted by atomic mass is 19.4. The molecule has 1 heterocycles. The minimum Gasteiger partial charge on any atom is -0.315 e. The summed E-state index contributed by atoms with van der Waals surface area (Å²) in [6.07, 6.45) is -3.28. The van der Waals surface area contributed by atoms with E-state index in [1.54, 1.807) is 12.1 Å². The van der Waals surface area contributed by atoms with Gasteiger partial charge in [0.1, 0.15) is 0 Å². The summed E-state index contributed by atoms with van der Waals surface area (Å²) >= 11 is 0. The Balaban J connectivity index is 2.20. The van der Waals surface area contributed by atoms with Crippen LogP contribution in [0.15, 0.2) is 24.3 Å². The van der Waals surface area contributed by atoms with E-state index in [9.17, 15) is 13.2 Å². The van der Waals surface area contributed by atoms with Crippen LogP contribution in [0.4, 0.5) is 13.2 Å². The van der Waals surface area contributed by atoms with Gasteiger partial charge in [-0.05, 0) is 30.5 Å². The molecule has 1 saturated heterocycles. The molecule has 0 spiro atoms. The van der Waals surface area contributed by atoms with Crippen molar-refractivity contribution in [2.24, 2.45) is 5.92 Å². The summed E-state index contributed by atoms with van der Waals surface area (Å²) in [5, 5.41) is 3.29. The van der Waals surface area contributed by atoms with Gasteiger partial charge in [0, 0.05) is 25.7 Å². The standard InChI is InChI=1S/C16H23F3N2/c1-12(2)10-21(14-7-8-20-9-14)11-13-5-3-4-6-15(13)16(17,18)19/h3-6,12,14,20H,7-11H2,1-2H3. The third-order valence-corrected chi connectivity index (χ3v) is 3.85. The topological polar surface area (TPSA) is 15.3 Å². The number of hydrogen-bond donors (Lipinski definition) is 1. The van der Waals surface area contributed by atoms with Crippen LogP contribution in [0.2, 0.25) is 0 Å². The second-order valence-electron chi connectivity index (χ2n) is 6.12. The minimum absolute atomic E-state index is 0.327. The molecule has 0 saturated carbocycles. The van der Waals surface area contributed by atoms with E-state index in [2.05, 4.69) is 24.1 Å². The first-order chi connectivity index (χ1) is 9.88. The maximum atomic E-state index is 13.1. The summed E-state index contributed by atoms with van der Waals surface area (Å²) in [5.41, 5.74) is -0.137. The molecule has 118 valence electrons. The lowest BCUT2D eigenvalue weighted by Gasteiger charge is -2.31. The van der Waals surface area contributed by atoms with Crippen LogP contribution in [-0.4, -0.2) is 30.6 Å². The lowest BCUT2D eigenvalue weighted by Crippen LogP contribution is -2.39. The summed E-state index contributed by atoms with van der Waals surface area (Å²) in [7, 11) is 0. The first-order valence-electron chi connectivity index (χ1n) is 7.48. The van der Waals surface area contributed by atoms with Gasteiger partial charge in [0.2, 0.25) is 0 Å². The van der Waals surface area contributed by atoms with Gasteiger partial charge >= 0.3 is 6.18 Å². The maximum Gasteiger partial charge on any atom is 0.416 e. The smallest absolute Gasteiger partial charge is 0.315 e. The largest absolute Gasteiger partial charge is 0.416 e. The second-order valence-corrected chi connectivity index (χ2v) is 6.12. The van der Waals surface area contributed by atoms with Crippen LogP contribution >= 0.6 is 0 Å². The summed E-state index contributed by atoms with van der Waals surface area (Å²) in [4.78, 5) is 2.19. The van der Waals surface area contributed by atoms with Crippen molar-refractivity contribution in [2.45, 2.75) is 39.0 Å². The molecule has 1 aromatic rings. The summed E-state index contributed by atoms with van der Waals surface area (Å²) in [6.45, 7) is 7.19. The Morgan fingerprint density at radius 2 is 2.00 bits per heavy atom. The van der Waals surface area contributed by atoms with Crippen LogP contribution in [-0.2, 0) is 12.7 Å². The predicted octanol–water partition coefficient (Wildman–Crippen LogP) is 3.53. The Morgan fingerprint density at radius 3 is 2.57 bits per heavy atom. The minimum atomic E-state index is -4.28. The van der Waals surface area contributed by atoms with E-state index in [-0.39, 0.29) is 0 Å². The van der Waals surface area contributed by atoms with Gasteiger partial charge in [-0.3, -0.25) is 4.90 Å². The molecule has 0 amide bonds. The molecular formula is C16H23F3N2. The second kappa shape index (κ2) is 6.79. The van der Waals surface area contributed by atoms with Crippen LogP contribution in [0.25, 0.3) is 0 Å². The fourth-order valence-electron chi connectivity index (χ4n) is 2.92. The molecule has 2 nitrogen and oxygen atoms in total. The first kappa shape index (κ1) is 16.3. The Morgan fingerprint density at radius 1 is 1.29 bits per heavy atom. The molecule has 1 aromatic carbocycles. The average Bonchev–Trinajstić information content (AvgIpc) is 2.90. The van der Waals surface area contributed by atoms with Crippen molar-refractivity contribution in [3.05, 3.63) is 35.4 Å². The van der Waals surface area contributed by atoms with Gasteiger partial charge < -0.3 is 5.32 Å². The zero-order valence-electron chi connectivity index (χ0n) is 12.6. The first-order valence-corrected chi connectivity index (χ1v) is 7.48. The van der Waals surface area contributed by atoms with E-state index in [4.69, 9.17) is 0 Å². The molecule has 21 heavy (non-hydrogen) atoms. The van der Waals surface area contributed by atoms with Crippen LogP contribution in [0.5, 0.6) is 0 Å². The average molecular weight is 300 g/mol. The number of alkyl halides is 3. The van der Waals surface area contributed by atoms with Gasteiger partial charge in [-0.2, -0.15) is 13.2 Å². The number of rotatable bonds is 5. The fourth-order valence-corrected chi connectivity index (χ4v) is 2.92. The summed E-state index contributed by atoms with van der Waals surface area (Å²) in [5.74, 6) is 0.434. The zero-order chi connectivity index (χ0) is 15.5. The van der Waals surface area contributed by atoms with Crippen molar-refractivity contribution in [1.82, 2.24) is 10.2 Å². The SMILES string of the molecule is CC(C)CN(Cc1ccccc1C(F)(F)F)C1CCNC1. The Hall–Kier alpha value is -1.07. The Bertz CT molecular complexity index is 451. The van der Waals surface area contributed by atoms with Crippen LogP contribution in [0.1, 0.15) is 31.4 Å². The molecule has 1 atom stereocenters. The molecule has 2 rings (SSSR count). The molecule has 1 fully saturated rings. The van der Waals surface area contributed by atoms with Crippen molar-refractivity contribution in [1.29, 1.82) is 0 Å². The van der Waals surface area contributed by atoms with E-state index in [0.717, 1.165) is 26.1 Å². The normalized spacial score (nSPS) is 19.7. The maximum absolute atomic E-state index is 13.1. The number of halogens is 3. The van der Waals surface area contributed by atoms with Gasteiger partial charge in [-0.1, -0.05) is 32.0 Å². The van der Waals surface area contributed by atoms with E-state index >= 15 is 0 Å². The lowest BCUT2D eigenvalue weighted by molar-refractivity contribution is -0.138. The van der Waals surface area contributed by atoms with Gasteiger partial charge in [0.15, 0.2) is 0 Å². The highest BCUT2D eigenvalue weighted by Crippen LogP contribution is 2.32. The predicted molar refractivity (Wildman–Crippen MR) is 78.0 cm³/mol. The van der Waals surface area contributed by atoms with Gasteiger partial charge in [0.05, 0.1) is 5.56 Å². The molecule has 1 unspecified atom stereocenters. The quantitative estimate of drug-likeness (QED) is 0.895. The van der Waals surface area contributed by atoms with E-state index < -0.39 is 11.7 Å². The van der Waals surface area contributed by atoms with Gasteiger partial charge in [0.25, 0.3) is 0 Å². The highest BCUT2D eigenvalue weighted by Gasteiger charge is 2.34. The van der Waals surface area contributed by atoms with Crippen molar-refractivity contribution in [3.63, 3.8) is 0 Å². The third kappa shape index (κ3) is 4.45. The highest BCUT2D eigenvalue weighted by molar-refractivity contribution is 5.29. The van der Waals surface area contributed by atoms with Crippen molar-refractivity contribution < 1.29 is 13.2 Å². The molecule has 0 aliphatic carbocycles. The van der Waals surface area contributed by atoms with E-state index in [0.29, 0.717) is 24.1 Å². The van der Waals surface area contributed by atoms with Crippen LogP contribution in [0.3, 0.4) is 0 Å². The number of benzene rings is 1. The monoisotopic (exact) mass is 300 g/mol. The molecular weight excluding hydrogens is 277 g/mol. The van der Waals surface area contributed by atoms with E-state index in [1.165, 1.54) is 12.1 Å². The molecule has 5 heteroatoms. The van der Waals surface area contributed by atoms with Crippen molar-refractivity contribution in [3.8, 4) is 0 Å². The number of hydrogen-bond acceptors (Lipinski definition) is 2. The summed E-state index contributed by atoms with van der Waals surface area (Å²) < 4.78 is 39.3. The van der Waals surface area contributed by atoms with Crippen molar-refractivity contribution in [2.75, 3.05) is 19.6 Å². The summed E-state index contributed by atoms with van der Waals surface area (Å²) in [6, 6.07) is 6.24. The third-order valence-electron chi connectivity index (χ3n) is 3.85. The molecule has 0 radical (unpaired) electrons. The van der Waals surface area contributed by atoms with Gasteiger partial charge in [-0.25, -0.2) is 0 Å². The molecule has 0 bridgehead atoms. The van der Waals surface area contributed by atoms with Crippen molar-refractivity contribution >= 4 is 0 Å². The Kier molecular flexibility index (Phi) is 5.27. The lowest BCUT2D eigenvalue weighted by atomic mass is 10.0. The zero-order valence-corrected chi connectivity index (χ0v) is 12.6. The van der Waals surface area contributed by atoms with Gasteiger partial charge in [-0.15, -0.1) is 0 Å². The molecule has 1 aliphatic heterocycles. The van der Waals surface area contributed by atoms with Crippen LogP contribution in [0, 0.1) is 5.92 Å². The number of nitrogens with zero attached hydrogens (tertiary/aromatic N) is 1. The van der Waals surface area contributed by atoms with Crippen LogP contribution < -0.4 is 5.32 Å². The number of nitrogens with one attached hydrogen (secondary N) is 1.